The number of carbonyl (C=O) groups excluding carboxylic acids is 1. The molecule has 0 N–H and O–H groups in total. The fourth-order valence-electron chi connectivity index (χ4n) is 2.03. The molecule has 0 saturated carbocycles. The van der Waals surface area contributed by atoms with Gasteiger partial charge in [-0.15, -0.1) is 0 Å². The lowest BCUT2D eigenvalue weighted by molar-refractivity contribution is -0.129. The summed E-state index contributed by atoms with van der Waals surface area (Å²) in [7, 11) is 3.37. The van der Waals surface area contributed by atoms with Crippen LogP contribution < -0.4 is 9.64 Å². The predicted molar refractivity (Wildman–Crippen MR) is 66.9 cm³/mol. The Kier molecular flexibility index (Phi) is 3.52. The zero-order chi connectivity index (χ0) is 12.3. The summed E-state index contributed by atoms with van der Waals surface area (Å²) < 4.78 is 4.88. The van der Waals surface area contributed by atoms with Gasteiger partial charge in [-0.2, -0.15) is 0 Å². The van der Waals surface area contributed by atoms with Gasteiger partial charge in [0.05, 0.1) is 0 Å². The molecular formula is C13H17N2O2. The van der Waals surface area contributed by atoms with Crippen LogP contribution in [0.1, 0.15) is 6.92 Å². The van der Waals surface area contributed by atoms with Crippen LogP contribution in [0.25, 0.3) is 0 Å². The van der Waals surface area contributed by atoms with Crippen molar-refractivity contribution in [3.8, 4) is 5.75 Å². The van der Waals surface area contributed by atoms with Gasteiger partial charge >= 0.3 is 0 Å². The lowest BCUT2D eigenvalue weighted by Gasteiger charge is -2.35. The standard InChI is InChI=1S/C13H17N2O2/c1-11(16)14-7-9-15(10-8-14)12-3-5-13(17-2)6-4-12/h3-6H,2,7-10H2,1H3. The molecule has 1 aromatic carbocycles. The average Bonchev–Trinajstić information content (AvgIpc) is 2.39. The third kappa shape index (κ3) is 2.70. The van der Waals surface area contributed by atoms with Crippen LogP contribution >= 0.6 is 0 Å². The second-order valence-corrected chi connectivity index (χ2v) is 4.13. The smallest absolute Gasteiger partial charge is 0.219 e. The van der Waals surface area contributed by atoms with Crippen molar-refractivity contribution >= 4 is 11.6 Å². The summed E-state index contributed by atoms with van der Waals surface area (Å²) in [5.74, 6) is 0.918. The van der Waals surface area contributed by atoms with E-state index in [4.69, 9.17) is 4.74 Å². The largest absolute Gasteiger partial charge is 0.490 e. The number of benzene rings is 1. The molecule has 4 heteroatoms. The van der Waals surface area contributed by atoms with Crippen LogP contribution in [-0.2, 0) is 4.79 Å². The molecule has 1 aliphatic heterocycles. The molecule has 2 rings (SSSR count). The maximum absolute atomic E-state index is 11.2. The Morgan fingerprint density at radius 2 is 1.76 bits per heavy atom. The number of hydrogen-bond donors (Lipinski definition) is 0. The Bertz CT molecular complexity index is 381. The summed E-state index contributed by atoms with van der Waals surface area (Å²) in [6.45, 7) is 4.97. The molecule has 1 heterocycles. The molecule has 0 spiro atoms. The van der Waals surface area contributed by atoms with Gasteiger partial charge in [0.2, 0.25) is 5.91 Å². The van der Waals surface area contributed by atoms with E-state index in [0.717, 1.165) is 37.6 Å². The molecule has 0 atom stereocenters. The Balaban J connectivity index is 1.97. The van der Waals surface area contributed by atoms with E-state index >= 15 is 0 Å². The highest BCUT2D eigenvalue weighted by molar-refractivity contribution is 5.73. The molecule has 0 bridgehead atoms. The molecule has 0 unspecified atom stereocenters. The van der Waals surface area contributed by atoms with Gasteiger partial charge in [-0.3, -0.25) is 4.79 Å². The fraction of sp³-hybridized carbons (Fsp3) is 0.385. The number of nitrogens with zero attached hydrogens (tertiary/aromatic N) is 2. The maximum atomic E-state index is 11.2. The monoisotopic (exact) mass is 233 g/mol. The Labute approximate surface area is 102 Å². The quantitative estimate of drug-likeness (QED) is 0.776. The number of anilines is 1. The second kappa shape index (κ2) is 5.08. The van der Waals surface area contributed by atoms with Crippen LogP contribution in [0.5, 0.6) is 5.75 Å². The molecule has 17 heavy (non-hydrogen) atoms. The summed E-state index contributed by atoms with van der Waals surface area (Å²) in [5.41, 5.74) is 1.16. The number of hydrogen-bond acceptors (Lipinski definition) is 3. The Morgan fingerprint density at radius 1 is 1.18 bits per heavy atom. The van der Waals surface area contributed by atoms with E-state index in [0.29, 0.717) is 0 Å². The zero-order valence-corrected chi connectivity index (χ0v) is 10.1. The number of piperazine rings is 1. The molecular weight excluding hydrogens is 216 g/mol. The molecule has 1 fully saturated rings. The van der Waals surface area contributed by atoms with Gasteiger partial charge in [0, 0.05) is 38.8 Å². The van der Waals surface area contributed by atoms with E-state index in [1.807, 2.05) is 29.2 Å². The van der Waals surface area contributed by atoms with E-state index in [-0.39, 0.29) is 5.91 Å². The molecule has 1 aromatic rings. The van der Waals surface area contributed by atoms with E-state index < -0.39 is 0 Å². The highest BCUT2D eigenvalue weighted by Gasteiger charge is 2.18. The Hall–Kier alpha value is -1.71. The van der Waals surface area contributed by atoms with E-state index in [1.165, 1.54) is 0 Å². The van der Waals surface area contributed by atoms with E-state index in [1.54, 1.807) is 6.92 Å². The van der Waals surface area contributed by atoms with Gasteiger partial charge in [-0.05, 0) is 24.3 Å². The van der Waals surface area contributed by atoms with Gasteiger partial charge in [0.25, 0.3) is 0 Å². The van der Waals surface area contributed by atoms with Crippen LogP contribution in [0, 0.1) is 7.11 Å². The van der Waals surface area contributed by atoms with Crippen molar-refractivity contribution in [3.05, 3.63) is 31.4 Å². The molecule has 1 radical (unpaired) electrons. The second-order valence-electron chi connectivity index (χ2n) is 4.13. The summed E-state index contributed by atoms with van der Waals surface area (Å²) in [4.78, 5) is 15.4. The van der Waals surface area contributed by atoms with Crippen LogP contribution in [0.4, 0.5) is 5.69 Å². The maximum Gasteiger partial charge on any atom is 0.219 e. The highest BCUT2D eigenvalue weighted by atomic mass is 16.5. The molecule has 91 valence electrons. The van der Waals surface area contributed by atoms with Gasteiger partial charge in [0.15, 0.2) is 0 Å². The van der Waals surface area contributed by atoms with Crippen molar-refractivity contribution in [2.24, 2.45) is 0 Å². The first-order valence-corrected chi connectivity index (χ1v) is 5.73. The van der Waals surface area contributed by atoms with Gasteiger partial charge < -0.3 is 14.5 Å². The summed E-state index contributed by atoms with van der Waals surface area (Å²) >= 11 is 0. The topological polar surface area (TPSA) is 32.8 Å². The molecule has 4 nitrogen and oxygen atoms in total. The fourth-order valence-corrected chi connectivity index (χ4v) is 2.03. The first-order chi connectivity index (χ1) is 8.20. The van der Waals surface area contributed by atoms with Crippen molar-refractivity contribution in [2.45, 2.75) is 6.92 Å². The van der Waals surface area contributed by atoms with Crippen molar-refractivity contribution < 1.29 is 9.53 Å². The van der Waals surface area contributed by atoms with Crippen LogP contribution in [0.2, 0.25) is 0 Å². The van der Waals surface area contributed by atoms with Crippen molar-refractivity contribution in [3.63, 3.8) is 0 Å². The van der Waals surface area contributed by atoms with E-state index in [9.17, 15) is 4.79 Å². The third-order valence-corrected chi connectivity index (χ3v) is 3.09. The Morgan fingerprint density at radius 3 is 2.24 bits per heavy atom. The average molecular weight is 233 g/mol. The lowest BCUT2D eigenvalue weighted by Crippen LogP contribution is -2.48. The molecule has 1 saturated heterocycles. The van der Waals surface area contributed by atoms with Gasteiger partial charge in [-0.1, -0.05) is 0 Å². The highest BCUT2D eigenvalue weighted by Crippen LogP contribution is 2.20. The molecule has 0 aromatic heterocycles. The first kappa shape index (κ1) is 11.8. The summed E-state index contributed by atoms with van der Waals surface area (Å²) in [6, 6.07) is 7.84. The predicted octanol–water partition coefficient (Wildman–Crippen LogP) is 1.53. The normalized spacial score (nSPS) is 15.9. The molecule has 1 amide bonds. The third-order valence-electron chi connectivity index (χ3n) is 3.09. The lowest BCUT2D eigenvalue weighted by atomic mass is 10.2. The summed E-state index contributed by atoms with van der Waals surface area (Å²) in [5, 5.41) is 0. The number of carbonyl (C=O) groups is 1. The number of rotatable bonds is 2. The van der Waals surface area contributed by atoms with Crippen LogP contribution in [-0.4, -0.2) is 37.0 Å². The van der Waals surface area contributed by atoms with E-state index in [2.05, 4.69) is 12.0 Å². The minimum Gasteiger partial charge on any atom is -0.490 e. The zero-order valence-electron chi connectivity index (χ0n) is 10.1. The van der Waals surface area contributed by atoms with Crippen LogP contribution in [0.15, 0.2) is 24.3 Å². The minimum absolute atomic E-state index is 0.158. The van der Waals surface area contributed by atoms with Crippen molar-refractivity contribution in [1.29, 1.82) is 0 Å². The SMILES string of the molecule is [CH2]Oc1ccc(N2CCN(C(C)=O)CC2)cc1. The van der Waals surface area contributed by atoms with Crippen molar-refractivity contribution in [1.82, 2.24) is 4.90 Å². The van der Waals surface area contributed by atoms with Crippen LogP contribution in [0.3, 0.4) is 0 Å². The van der Waals surface area contributed by atoms with Gasteiger partial charge in [-0.25, -0.2) is 0 Å². The molecule has 0 aliphatic carbocycles. The first-order valence-electron chi connectivity index (χ1n) is 5.73. The number of ether oxygens (including phenoxy) is 1. The number of amides is 1. The van der Waals surface area contributed by atoms with Gasteiger partial charge in [0.1, 0.15) is 12.9 Å². The minimum atomic E-state index is 0.158. The summed E-state index contributed by atoms with van der Waals surface area (Å²) in [6.07, 6.45) is 0. The van der Waals surface area contributed by atoms with Crippen molar-refractivity contribution in [2.75, 3.05) is 31.1 Å². The molecule has 1 aliphatic rings.